The molecule has 6 rings (SSSR count). The molecule has 0 saturated carbocycles. The van der Waals surface area contributed by atoms with Crippen molar-refractivity contribution in [1.82, 2.24) is 0 Å². The number of thiophene rings is 2. The first-order valence-electron chi connectivity index (χ1n) is 14.3. The molecule has 0 saturated heterocycles. The fourth-order valence-electron chi connectivity index (χ4n) is 6.25. The first-order valence-corrected chi connectivity index (χ1v) is 15.9. The highest BCUT2D eigenvalue weighted by Crippen LogP contribution is 2.60. The Labute approximate surface area is 229 Å². The number of fused-ring (bicyclic) bond motifs is 6. The van der Waals surface area contributed by atoms with E-state index in [1.54, 1.807) is 14.6 Å². The summed E-state index contributed by atoms with van der Waals surface area (Å²) >= 11 is 4.07. The van der Waals surface area contributed by atoms with Crippen LogP contribution in [0.1, 0.15) is 67.5 Å². The van der Waals surface area contributed by atoms with E-state index in [9.17, 15) is 0 Å². The van der Waals surface area contributed by atoms with E-state index < -0.39 is 0 Å². The first-order chi connectivity index (χ1) is 18.3. The Balaban J connectivity index is 1.40. The van der Waals surface area contributed by atoms with Gasteiger partial charge in [0.2, 0.25) is 0 Å². The monoisotopic (exact) mass is 530 g/mol. The SMILES string of the molecule is CCCCCc1cc2c(s1)-c1ccc3c4c(ccc-2c14)-c1c(CCCOCC)sc(CCCOCC)c1-3. The molecule has 0 unspecified atom stereocenters. The highest BCUT2D eigenvalue weighted by molar-refractivity contribution is 7.16. The lowest BCUT2D eigenvalue weighted by atomic mass is 9.97. The summed E-state index contributed by atoms with van der Waals surface area (Å²) in [5.74, 6) is 0. The Hall–Kier alpha value is -1.98. The molecule has 2 nitrogen and oxygen atoms in total. The van der Waals surface area contributed by atoms with Crippen LogP contribution < -0.4 is 0 Å². The third kappa shape index (κ3) is 4.40. The second kappa shape index (κ2) is 11.0. The number of benzene rings is 2. The summed E-state index contributed by atoms with van der Waals surface area (Å²) in [4.78, 5) is 6.13. The topological polar surface area (TPSA) is 18.5 Å². The van der Waals surface area contributed by atoms with E-state index in [0.717, 1.165) is 52.1 Å². The molecule has 37 heavy (non-hydrogen) atoms. The minimum absolute atomic E-state index is 0.798. The van der Waals surface area contributed by atoms with Crippen molar-refractivity contribution in [1.29, 1.82) is 0 Å². The van der Waals surface area contributed by atoms with E-state index in [2.05, 4.69) is 51.1 Å². The van der Waals surface area contributed by atoms with E-state index in [4.69, 9.17) is 9.47 Å². The number of hydrogen-bond acceptors (Lipinski definition) is 4. The van der Waals surface area contributed by atoms with Crippen LogP contribution in [0.5, 0.6) is 0 Å². The fourth-order valence-corrected chi connectivity index (χ4v) is 8.91. The molecule has 2 aromatic heterocycles. The normalized spacial score (nSPS) is 12.6. The summed E-state index contributed by atoms with van der Waals surface area (Å²) in [5, 5.41) is 3.00. The minimum Gasteiger partial charge on any atom is -0.382 e. The van der Waals surface area contributed by atoms with Crippen molar-refractivity contribution in [2.75, 3.05) is 26.4 Å². The molecule has 194 valence electrons. The van der Waals surface area contributed by atoms with E-state index >= 15 is 0 Å². The standard InChI is InChI=1S/C33H38O2S2/c1-4-7-8-11-21-20-26-22-14-15-23-30-24(16-17-25(29(22)30)33(26)36-21)32-28(13-10-19-35-6-3)37-27(31(23)32)12-9-18-34-5-2/h14-17,20H,4-13,18-19H2,1-3H3. The van der Waals surface area contributed by atoms with Gasteiger partial charge in [0.1, 0.15) is 0 Å². The molecule has 0 aliphatic heterocycles. The summed E-state index contributed by atoms with van der Waals surface area (Å²) in [5.41, 5.74) is 10.3. The largest absolute Gasteiger partial charge is 0.382 e. The van der Waals surface area contributed by atoms with Crippen LogP contribution >= 0.6 is 22.7 Å². The lowest BCUT2D eigenvalue weighted by Crippen LogP contribution is -1.95. The van der Waals surface area contributed by atoms with Gasteiger partial charge in [-0.1, -0.05) is 44.0 Å². The van der Waals surface area contributed by atoms with Gasteiger partial charge in [0.25, 0.3) is 0 Å². The molecule has 2 heterocycles. The van der Waals surface area contributed by atoms with Gasteiger partial charge in [0.15, 0.2) is 0 Å². The molecule has 2 aliphatic carbocycles. The second-order valence-electron chi connectivity index (χ2n) is 10.3. The summed E-state index contributed by atoms with van der Waals surface area (Å²) in [6.45, 7) is 9.73. The van der Waals surface area contributed by atoms with Crippen LogP contribution in [0, 0.1) is 0 Å². The molecular formula is C33H38O2S2. The zero-order valence-corrected chi connectivity index (χ0v) is 24.1. The average Bonchev–Trinajstić information content (AvgIpc) is 3.64. The zero-order valence-electron chi connectivity index (χ0n) is 22.5. The predicted octanol–water partition coefficient (Wildman–Crippen LogP) is 9.93. The van der Waals surface area contributed by atoms with Crippen molar-refractivity contribution in [2.24, 2.45) is 0 Å². The van der Waals surface area contributed by atoms with Gasteiger partial charge in [-0.2, -0.15) is 0 Å². The molecule has 0 spiro atoms. The van der Waals surface area contributed by atoms with Crippen molar-refractivity contribution in [3.63, 3.8) is 0 Å². The van der Waals surface area contributed by atoms with Crippen molar-refractivity contribution in [3.8, 4) is 43.8 Å². The Morgan fingerprint density at radius 2 is 1.19 bits per heavy atom. The molecule has 0 atom stereocenters. The molecular weight excluding hydrogens is 492 g/mol. The zero-order chi connectivity index (χ0) is 25.4. The molecule has 2 aromatic carbocycles. The van der Waals surface area contributed by atoms with Gasteiger partial charge in [-0.25, -0.2) is 0 Å². The van der Waals surface area contributed by atoms with Crippen LogP contribution in [0.2, 0.25) is 0 Å². The van der Waals surface area contributed by atoms with E-state index in [1.165, 1.54) is 80.3 Å². The third-order valence-electron chi connectivity index (χ3n) is 7.89. The Bertz CT molecular complexity index is 1330. The maximum atomic E-state index is 5.69. The number of unbranched alkanes of at least 4 members (excludes halogenated alkanes) is 2. The van der Waals surface area contributed by atoms with Crippen molar-refractivity contribution in [3.05, 3.63) is 45.0 Å². The van der Waals surface area contributed by atoms with Crippen LogP contribution in [0.25, 0.3) is 54.6 Å². The van der Waals surface area contributed by atoms with Gasteiger partial charge < -0.3 is 9.47 Å². The van der Waals surface area contributed by atoms with E-state index in [0.29, 0.717) is 0 Å². The molecule has 4 aromatic rings. The number of aryl methyl sites for hydroxylation is 3. The Morgan fingerprint density at radius 1 is 0.595 bits per heavy atom. The lowest BCUT2D eigenvalue weighted by molar-refractivity contribution is 0.145. The molecule has 2 aliphatic rings. The number of rotatable bonds is 14. The lowest BCUT2D eigenvalue weighted by Gasteiger charge is -2.09. The number of ether oxygens (including phenoxy) is 2. The van der Waals surface area contributed by atoms with Crippen molar-refractivity contribution < 1.29 is 9.47 Å². The highest BCUT2D eigenvalue weighted by atomic mass is 32.1. The molecule has 0 N–H and O–H groups in total. The van der Waals surface area contributed by atoms with Crippen LogP contribution in [-0.4, -0.2) is 26.4 Å². The summed E-state index contributed by atoms with van der Waals surface area (Å²) in [7, 11) is 0. The van der Waals surface area contributed by atoms with Crippen molar-refractivity contribution in [2.45, 2.75) is 72.1 Å². The van der Waals surface area contributed by atoms with Gasteiger partial charge in [-0.3, -0.25) is 0 Å². The predicted molar refractivity (Wildman–Crippen MR) is 161 cm³/mol. The number of hydrogen-bond donors (Lipinski definition) is 0. The van der Waals surface area contributed by atoms with Crippen molar-refractivity contribution >= 4 is 33.4 Å². The van der Waals surface area contributed by atoms with E-state index in [-0.39, 0.29) is 0 Å². The molecule has 0 amide bonds. The summed E-state index contributed by atoms with van der Waals surface area (Å²) in [6, 6.07) is 12.2. The molecule has 0 radical (unpaired) electrons. The van der Waals surface area contributed by atoms with Crippen LogP contribution in [-0.2, 0) is 28.7 Å². The minimum atomic E-state index is 0.798. The van der Waals surface area contributed by atoms with Crippen LogP contribution in [0.3, 0.4) is 0 Å². The summed E-state index contributed by atoms with van der Waals surface area (Å²) in [6.07, 6.45) is 9.48. The second-order valence-corrected chi connectivity index (χ2v) is 12.6. The van der Waals surface area contributed by atoms with Gasteiger partial charge in [0, 0.05) is 68.2 Å². The summed E-state index contributed by atoms with van der Waals surface area (Å²) < 4.78 is 11.4. The Kier molecular flexibility index (Phi) is 7.54. The Morgan fingerprint density at radius 3 is 1.81 bits per heavy atom. The van der Waals surface area contributed by atoms with Crippen LogP contribution in [0.15, 0.2) is 30.3 Å². The van der Waals surface area contributed by atoms with Gasteiger partial charge in [-0.15, -0.1) is 22.7 Å². The van der Waals surface area contributed by atoms with E-state index in [1.807, 2.05) is 22.7 Å². The van der Waals surface area contributed by atoms with Crippen LogP contribution in [0.4, 0.5) is 0 Å². The maximum Gasteiger partial charge on any atom is 0.0469 e. The molecule has 0 bridgehead atoms. The average molecular weight is 531 g/mol. The fraction of sp³-hybridized carbons (Fsp3) is 0.455. The van der Waals surface area contributed by atoms with Gasteiger partial charge in [-0.05, 0) is 85.9 Å². The highest BCUT2D eigenvalue weighted by Gasteiger charge is 2.34. The van der Waals surface area contributed by atoms with Gasteiger partial charge in [0.05, 0.1) is 0 Å². The third-order valence-corrected chi connectivity index (χ3v) is 10.4. The molecule has 4 heteroatoms. The smallest absolute Gasteiger partial charge is 0.0469 e. The quantitative estimate of drug-likeness (QED) is 0.130. The van der Waals surface area contributed by atoms with Gasteiger partial charge >= 0.3 is 0 Å². The first kappa shape index (κ1) is 25.3. The maximum absolute atomic E-state index is 5.69. The molecule has 0 fully saturated rings.